The molecule has 7 heteroatoms. The number of nitro benzene ring substituents is 1. The third-order valence-electron chi connectivity index (χ3n) is 3.24. The first-order valence-electron chi connectivity index (χ1n) is 5.82. The van der Waals surface area contributed by atoms with Crippen molar-refractivity contribution in [1.82, 2.24) is 0 Å². The van der Waals surface area contributed by atoms with Crippen LogP contribution in [-0.4, -0.2) is 35.3 Å². The van der Waals surface area contributed by atoms with Gasteiger partial charge in [0.05, 0.1) is 24.2 Å². The van der Waals surface area contributed by atoms with E-state index in [0.29, 0.717) is 11.3 Å². The Morgan fingerprint density at radius 1 is 1.53 bits per heavy atom. The van der Waals surface area contributed by atoms with Gasteiger partial charge in [0.25, 0.3) is 5.69 Å². The summed E-state index contributed by atoms with van der Waals surface area (Å²) in [4.78, 5) is 21.4. The Hall–Kier alpha value is -2.15. The van der Waals surface area contributed by atoms with Crippen LogP contribution in [-0.2, 0) is 9.53 Å². The van der Waals surface area contributed by atoms with Crippen molar-refractivity contribution in [3.8, 4) is 0 Å². The molecule has 1 saturated heterocycles. The number of nitrogens with zero attached hydrogens (tertiary/aromatic N) is 1. The molecule has 1 aromatic carbocycles. The number of aliphatic carboxylic acids is 1. The number of anilines is 1. The van der Waals surface area contributed by atoms with Gasteiger partial charge >= 0.3 is 5.97 Å². The number of carboxylic acids is 1. The van der Waals surface area contributed by atoms with Crippen molar-refractivity contribution in [2.24, 2.45) is 5.92 Å². The maximum atomic E-state index is 11.0. The van der Waals surface area contributed by atoms with E-state index in [-0.39, 0.29) is 24.9 Å². The summed E-state index contributed by atoms with van der Waals surface area (Å²) in [6, 6.07) is 4.30. The van der Waals surface area contributed by atoms with E-state index in [2.05, 4.69) is 5.32 Å². The van der Waals surface area contributed by atoms with Crippen LogP contribution in [0.1, 0.15) is 5.56 Å². The number of rotatable bonds is 4. The highest BCUT2D eigenvalue weighted by molar-refractivity contribution is 5.72. The Morgan fingerprint density at radius 2 is 2.26 bits per heavy atom. The molecule has 1 aliphatic heterocycles. The topological polar surface area (TPSA) is 102 Å². The second-order valence-corrected chi connectivity index (χ2v) is 4.44. The maximum absolute atomic E-state index is 11.0. The Kier molecular flexibility index (Phi) is 3.66. The third-order valence-corrected chi connectivity index (χ3v) is 3.24. The minimum absolute atomic E-state index is 0.00999. The minimum atomic E-state index is -0.932. The average molecular weight is 266 g/mol. The van der Waals surface area contributed by atoms with Crippen molar-refractivity contribution < 1.29 is 19.6 Å². The van der Waals surface area contributed by atoms with E-state index in [9.17, 15) is 14.9 Å². The number of carbonyl (C=O) groups is 1. The van der Waals surface area contributed by atoms with Crippen LogP contribution < -0.4 is 5.32 Å². The number of hydrogen-bond acceptors (Lipinski definition) is 5. The molecule has 1 fully saturated rings. The summed E-state index contributed by atoms with van der Waals surface area (Å²) in [5.74, 6) is -1.57. The summed E-state index contributed by atoms with van der Waals surface area (Å²) in [6.07, 6.45) is 0. The molecule has 0 saturated carbocycles. The summed E-state index contributed by atoms with van der Waals surface area (Å²) >= 11 is 0. The Bertz CT molecular complexity index is 517. The van der Waals surface area contributed by atoms with Crippen LogP contribution in [0.3, 0.4) is 0 Å². The van der Waals surface area contributed by atoms with E-state index in [1.807, 2.05) is 0 Å². The van der Waals surface area contributed by atoms with Gasteiger partial charge in [-0.25, -0.2) is 0 Å². The van der Waals surface area contributed by atoms with E-state index in [1.54, 1.807) is 19.1 Å². The van der Waals surface area contributed by atoms with Crippen molar-refractivity contribution in [3.05, 3.63) is 33.9 Å². The molecule has 102 valence electrons. The summed E-state index contributed by atoms with van der Waals surface area (Å²) in [7, 11) is 0. The van der Waals surface area contributed by atoms with Crippen LogP contribution in [0.5, 0.6) is 0 Å². The highest BCUT2D eigenvalue weighted by Gasteiger charge is 2.34. The largest absolute Gasteiger partial charge is 0.481 e. The predicted octanol–water partition coefficient (Wildman–Crippen LogP) is 1.41. The van der Waals surface area contributed by atoms with Crippen LogP contribution in [0, 0.1) is 23.0 Å². The first-order valence-corrected chi connectivity index (χ1v) is 5.82. The Balaban J connectivity index is 2.22. The van der Waals surface area contributed by atoms with Gasteiger partial charge in [0, 0.05) is 17.3 Å². The molecule has 0 aromatic heterocycles. The van der Waals surface area contributed by atoms with E-state index in [0.717, 1.165) is 0 Å². The van der Waals surface area contributed by atoms with Crippen LogP contribution in [0.2, 0.25) is 0 Å². The van der Waals surface area contributed by atoms with Crippen LogP contribution in [0.25, 0.3) is 0 Å². The summed E-state index contributed by atoms with van der Waals surface area (Å²) in [6.45, 7) is 2.06. The molecule has 1 heterocycles. The fourth-order valence-electron chi connectivity index (χ4n) is 2.12. The Labute approximate surface area is 109 Å². The fraction of sp³-hybridized carbons (Fsp3) is 0.417. The average Bonchev–Trinajstić information content (AvgIpc) is 2.79. The summed E-state index contributed by atoms with van der Waals surface area (Å²) in [5, 5.41) is 22.9. The third kappa shape index (κ3) is 2.65. The van der Waals surface area contributed by atoms with Gasteiger partial charge in [-0.15, -0.1) is 0 Å². The van der Waals surface area contributed by atoms with Crippen molar-refractivity contribution in [2.75, 3.05) is 18.5 Å². The van der Waals surface area contributed by atoms with Gasteiger partial charge in [0.15, 0.2) is 0 Å². The molecule has 0 aliphatic carbocycles. The molecule has 0 spiro atoms. The maximum Gasteiger partial charge on any atom is 0.311 e. The molecule has 2 N–H and O–H groups in total. The van der Waals surface area contributed by atoms with Gasteiger partial charge in [0.2, 0.25) is 0 Å². The summed E-state index contributed by atoms with van der Waals surface area (Å²) < 4.78 is 5.14. The van der Waals surface area contributed by atoms with E-state index in [4.69, 9.17) is 9.84 Å². The molecular weight excluding hydrogens is 252 g/mol. The normalized spacial score (nSPS) is 22.2. The molecule has 1 aromatic rings. The lowest BCUT2D eigenvalue weighted by Crippen LogP contribution is -2.33. The SMILES string of the molecule is Cc1c(NC2COCC2C(=O)O)cccc1[N+](=O)[O-]. The molecule has 19 heavy (non-hydrogen) atoms. The van der Waals surface area contributed by atoms with Gasteiger partial charge in [-0.3, -0.25) is 14.9 Å². The van der Waals surface area contributed by atoms with Gasteiger partial charge < -0.3 is 15.2 Å². The zero-order valence-corrected chi connectivity index (χ0v) is 10.3. The van der Waals surface area contributed by atoms with Crippen LogP contribution in [0.4, 0.5) is 11.4 Å². The van der Waals surface area contributed by atoms with Gasteiger partial charge in [0.1, 0.15) is 5.92 Å². The molecule has 1 aliphatic rings. The quantitative estimate of drug-likeness (QED) is 0.631. The first kappa shape index (κ1) is 13.3. The number of hydrogen-bond donors (Lipinski definition) is 2. The highest BCUT2D eigenvalue weighted by atomic mass is 16.6. The number of benzene rings is 1. The van der Waals surface area contributed by atoms with E-state index < -0.39 is 16.8 Å². The van der Waals surface area contributed by atoms with E-state index in [1.165, 1.54) is 6.07 Å². The number of carboxylic acid groups (broad SMARTS) is 1. The molecule has 0 radical (unpaired) electrons. The highest BCUT2D eigenvalue weighted by Crippen LogP contribution is 2.27. The van der Waals surface area contributed by atoms with Crippen molar-refractivity contribution in [2.45, 2.75) is 13.0 Å². The van der Waals surface area contributed by atoms with E-state index >= 15 is 0 Å². The second-order valence-electron chi connectivity index (χ2n) is 4.44. The number of nitro groups is 1. The molecule has 0 bridgehead atoms. The summed E-state index contributed by atoms with van der Waals surface area (Å²) in [5.41, 5.74) is 1.07. The molecular formula is C12H14N2O5. The molecule has 2 rings (SSSR count). The fourth-order valence-corrected chi connectivity index (χ4v) is 2.12. The van der Waals surface area contributed by atoms with Gasteiger partial charge in [-0.2, -0.15) is 0 Å². The second kappa shape index (κ2) is 5.23. The zero-order chi connectivity index (χ0) is 14.0. The number of ether oxygens (including phenoxy) is 1. The zero-order valence-electron chi connectivity index (χ0n) is 10.3. The monoisotopic (exact) mass is 266 g/mol. The lowest BCUT2D eigenvalue weighted by molar-refractivity contribution is -0.385. The first-order chi connectivity index (χ1) is 9.00. The smallest absolute Gasteiger partial charge is 0.311 e. The van der Waals surface area contributed by atoms with Crippen LogP contribution in [0.15, 0.2) is 18.2 Å². The molecule has 0 amide bonds. The van der Waals surface area contributed by atoms with Crippen LogP contribution >= 0.6 is 0 Å². The van der Waals surface area contributed by atoms with Gasteiger partial charge in [-0.05, 0) is 13.0 Å². The van der Waals surface area contributed by atoms with Crippen molar-refractivity contribution in [3.63, 3.8) is 0 Å². The lowest BCUT2D eigenvalue weighted by Gasteiger charge is -2.18. The van der Waals surface area contributed by atoms with Crippen molar-refractivity contribution >= 4 is 17.3 Å². The minimum Gasteiger partial charge on any atom is -0.481 e. The van der Waals surface area contributed by atoms with Gasteiger partial charge in [-0.1, -0.05) is 6.07 Å². The lowest BCUT2D eigenvalue weighted by atomic mass is 10.0. The Morgan fingerprint density at radius 3 is 2.89 bits per heavy atom. The molecule has 2 unspecified atom stereocenters. The predicted molar refractivity (Wildman–Crippen MR) is 67.2 cm³/mol. The standard InChI is InChI=1S/C12H14N2O5/c1-7-9(3-2-4-11(7)14(17)18)13-10-6-19-5-8(10)12(15)16/h2-4,8,10,13H,5-6H2,1H3,(H,15,16). The van der Waals surface area contributed by atoms with Crippen molar-refractivity contribution in [1.29, 1.82) is 0 Å². The molecule has 7 nitrogen and oxygen atoms in total. The molecule has 2 atom stereocenters. The number of nitrogens with one attached hydrogen (secondary N) is 1.